The van der Waals surface area contributed by atoms with Gasteiger partial charge >= 0.3 is 6.18 Å². The first-order valence-electron chi connectivity index (χ1n) is 7.38. The summed E-state index contributed by atoms with van der Waals surface area (Å²) in [4.78, 5) is 0. The van der Waals surface area contributed by atoms with E-state index in [1.165, 1.54) is 0 Å². The fraction of sp³-hybridized carbons (Fsp3) is 0.375. The van der Waals surface area contributed by atoms with E-state index in [1.807, 2.05) is 0 Å². The predicted molar refractivity (Wildman–Crippen MR) is 73.9 cm³/mol. The zero-order chi connectivity index (χ0) is 19.4. The molecule has 1 aromatic heterocycles. The van der Waals surface area contributed by atoms with Crippen LogP contribution in [0.1, 0.15) is 41.3 Å². The van der Waals surface area contributed by atoms with Crippen LogP contribution < -0.4 is 0 Å². The minimum absolute atomic E-state index is 0.245. The topological polar surface area (TPSA) is 25.2 Å². The molecule has 3 rings (SSSR count). The molecule has 1 N–H and O–H groups in total. The third kappa shape index (κ3) is 2.95. The number of hydrogen-bond donors (Lipinski definition) is 1. The predicted octanol–water partition coefficient (Wildman–Crippen LogP) is 5.19. The summed E-state index contributed by atoms with van der Waals surface area (Å²) in [6.45, 7) is 0. The van der Waals surface area contributed by atoms with Gasteiger partial charge in [-0.25, -0.2) is 22.0 Å². The van der Waals surface area contributed by atoms with Crippen LogP contribution in [0.3, 0.4) is 0 Å². The van der Waals surface area contributed by atoms with E-state index in [2.05, 4.69) is 0 Å². The van der Waals surface area contributed by atoms with Crippen molar-refractivity contribution in [3.63, 3.8) is 0 Å². The molecular weight excluding hydrogens is 374 g/mol. The van der Waals surface area contributed by atoms with Crippen LogP contribution in [0, 0.1) is 5.82 Å². The van der Waals surface area contributed by atoms with Crippen molar-refractivity contribution in [1.29, 1.82) is 0 Å². The lowest BCUT2D eigenvalue weighted by atomic mass is 9.89. The Morgan fingerprint density at radius 1 is 1.19 bits per heavy atom. The molecule has 2 nitrogen and oxygen atoms in total. The summed E-state index contributed by atoms with van der Waals surface area (Å²) in [5.41, 5.74) is -4.02. The van der Waals surface area contributed by atoms with Crippen LogP contribution in [-0.4, -0.2) is 15.6 Å². The Morgan fingerprint density at radius 2 is 1.85 bits per heavy atom. The molecule has 26 heavy (non-hydrogen) atoms. The number of nitrogens with zero attached hydrogens (tertiary/aromatic N) is 1. The molecule has 1 unspecified atom stereocenters. The van der Waals surface area contributed by atoms with E-state index in [9.17, 15) is 40.2 Å². The Balaban J connectivity index is 2.24. The van der Waals surface area contributed by atoms with Gasteiger partial charge in [0.1, 0.15) is 11.9 Å². The van der Waals surface area contributed by atoms with Crippen molar-refractivity contribution in [1.82, 2.24) is 4.57 Å². The van der Waals surface area contributed by atoms with Crippen molar-refractivity contribution < 1.29 is 40.2 Å². The van der Waals surface area contributed by atoms with Gasteiger partial charge in [0.2, 0.25) is 0 Å². The minimum atomic E-state index is -5.05. The molecule has 142 valence electrons. The van der Waals surface area contributed by atoms with Gasteiger partial charge in [-0.2, -0.15) is 13.2 Å². The maximum absolute atomic E-state index is 13.7. The van der Waals surface area contributed by atoms with Crippen molar-refractivity contribution in [2.24, 2.45) is 0 Å². The molecule has 1 aliphatic carbocycles. The average molecular weight is 385 g/mol. The molecule has 0 saturated heterocycles. The molecule has 0 aliphatic heterocycles. The molecule has 0 bridgehead atoms. The Hall–Kier alpha value is -2.10. The van der Waals surface area contributed by atoms with E-state index in [0.717, 1.165) is 10.6 Å². The maximum Gasteiger partial charge on any atom is 0.418 e. The van der Waals surface area contributed by atoms with E-state index in [4.69, 9.17) is 0 Å². The van der Waals surface area contributed by atoms with Gasteiger partial charge in [-0.1, -0.05) is 0 Å². The number of rotatable bonds is 2. The normalized spacial score (nSPS) is 19.7. The van der Waals surface area contributed by atoms with Crippen LogP contribution in [0.2, 0.25) is 0 Å². The van der Waals surface area contributed by atoms with Crippen LogP contribution in [0.5, 0.6) is 0 Å². The number of aromatic nitrogens is 1. The number of benzene rings is 1. The SMILES string of the molecule is OC1c2c(C(F)(F)F)cn(-c3ccc(F)c(C(F)F)c3)c2CCC1(F)F. The summed E-state index contributed by atoms with van der Waals surface area (Å²) in [6.07, 6.45) is -11.9. The van der Waals surface area contributed by atoms with Gasteiger partial charge in [0, 0.05) is 29.6 Å². The number of alkyl halides is 7. The second kappa shape index (κ2) is 5.97. The van der Waals surface area contributed by atoms with Gasteiger partial charge in [0.25, 0.3) is 12.3 Å². The van der Waals surface area contributed by atoms with Crippen LogP contribution >= 0.6 is 0 Å². The summed E-state index contributed by atoms with van der Waals surface area (Å²) in [5.74, 6) is -5.00. The Labute approximate surface area is 141 Å². The van der Waals surface area contributed by atoms with Crippen LogP contribution in [0.25, 0.3) is 5.69 Å². The number of aliphatic hydroxyl groups is 1. The highest BCUT2D eigenvalue weighted by Crippen LogP contribution is 2.48. The monoisotopic (exact) mass is 385 g/mol. The van der Waals surface area contributed by atoms with Gasteiger partial charge in [-0.15, -0.1) is 0 Å². The van der Waals surface area contributed by atoms with E-state index in [1.54, 1.807) is 0 Å². The van der Waals surface area contributed by atoms with Crippen molar-refractivity contribution in [2.45, 2.75) is 37.5 Å². The Kier molecular flexibility index (Phi) is 4.29. The number of halogens is 8. The Morgan fingerprint density at radius 3 is 2.42 bits per heavy atom. The summed E-state index contributed by atoms with van der Waals surface area (Å²) < 4.78 is 107. The largest absolute Gasteiger partial charge is 0.418 e. The van der Waals surface area contributed by atoms with E-state index in [0.29, 0.717) is 18.3 Å². The van der Waals surface area contributed by atoms with E-state index >= 15 is 0 Å². The molecule has 0 radical (unpaired) electrons. The molecule has 0 spiro atoms. The van der Waals surface area contributed by atoms with Crippen molar-refractivity contribution >= 4 is 0 Å². The highest BCUT2D eigenvalue weighted by molar-refractivity contribution is 5.48. The summed E-state index contributed by atoms with van der Waals surface area (Å²) in [7, 11) is 0. The first-order chi connectivity index (χ1) is 11.9. The molecule has 0 fully saturated rings. The third-order valence-corrected chi connectivity index (χ3v) is 4.32. The van der Waals surface area contributed by atoms with Crippen molar-refractivity contribution in [3.05, 3.63) is 52.6 Å². The first-order valence-corrected chi connectivity index (χ1v) is 7.38. The standard InChI is InChI=1S/C16H11F8NO/c17-10-2-1-7(5-8(10)14(18)19)25-6-9(16(22,23)24)12-11(25)3-4-15(20,21)13(12)26/h1-2,5-6,13-14,26H,3-4H2. The molecule has 1 heterocycles. The second-order valence-corrected chi connectivity index (χ2v) is 5.94. The van der Waals surface area contributed by atoms with E-state index in [-0.39, 0.29) is 11.4 Å². The smallest absolute Gasteiger partial charge is 0.382 e. The summed E-state index contributed by atoms with van der Waals surface area (Å²) in [6, 6.07) is 2.27. The summed E-state index contributed by atoms with van der Waals surface area (Å²) >= 11 is 0. The lowest BCUT2D eigenvalue weighted by Gasteiger charge is -2.29. The number of hydrogen-bond acceptors (Lipinski definition) is 1. The lowest BCUT2D eigenvalue weighted by Crippen LogP contribution is -2.33. The van der Waals surface area contributed by atoms with Crippen LogP contribution in [0.15, 0.2) is 24.4 Å². The van der Waals surface area contributed by atoms with Gasteiger partial charge in [-0.3, -0.25) is 0 Å². The zero-order valence-electron chi connectivity index (χ0n) is 12.8. The number of aliphatic hydroxyl groups excluding tert-OH is 1. The molecule has 1 atom stereocenters. The lowest BCUT2D eigenvalue weighted by molar-refractivity contribution is -0.147. The zero-order valence-corrected chi connectivity index (χ0v) is 12.8. The summed E-state index contributed by atoms with van der Waals surface area (Å²) in [5, 5.41) is 9.74. The van der Waals surface area contributed by atoms with Gasteiger partial charge in [0.05, 0.1) is 11.1 Å². The van der Waals surface area contributed by atoms with Gasteiger partial charge < -0.3 is 9.67 Å². The fourth-order valence-electron chi connectivity index (χ4n) is 3.06. The Bertz CT molecular complexity index is 840. The minimum Gasteiger partial charge on any atom is -0.382 e. The molecule has 1 aliphatic rings. The van der Waals surface area contributed by atoms with Gasteiger partial charge in [0.15, 0.2) is 0 Å². The van der Waals surface area contributed by atoms with E-state index < -0.39 is 60.0 Å². The number of fused-ring (bicyclic) bond motifs is 1. The maximum atomic E-state index is 13.7. The highest BCUT2D eigenvalue weighted by Gasteiger charge is 2.50. The molecule has 0 saturated carbocycles. The third-order valence-electron chi connectivity index (χ3n) is 4.32. The van der Waals surface area contributed by atoms with Gasteiger partial charge in [-0.05, 0) is 24.6 Å². The molecule has 1 aromatic carbocycles. The fourth-order valence-corrected chi connectivity index (χ4v) is 3.06. The molecule has 2 aromatic rings. The first kappa shape index (κ1) is 18.7. The highest BCUT2D eigenvalue weighted by atomic mass is 19.4. The molecule has 0 amide bonds. The van der Waals surface area contributed by atoms with Crippen LogP contribution in [0.4, 0.5) is 35.1 Å². The van der Waals surface area contributed by atoms with Crippen molar-refractivity contribution in [3.8, 4) is 5.69 Å². The van der Waals surface area contributed by atoms with Crippen LogP contribution in [-0.2, 0) is 12.6 Å². The second-order valence-electron chi connectivity index (χ2n) is 5.94. The molecule has 10 heteroatoms. The quantitative estimate of drug-likeness (QED) is 0.708. The molecular formula is C16H11F8NO. The van der Waals surface area contributed by atoms with Crippen molar-refractivity contribution in [2.75, 3.05) is 0 Å². The average Bonchev–Trinajstić information content (AvgIpc) is 2.91.